The Balaban J connectivity index is 2.32. The lowest BCUT2D eigenvalue weighted by molar-refractivity contribution is -0.136. The van der Waals surface area contributed by atoms with Gasteiger partial charge < -0.3 is 14.4 Å². The van der Waals surface area contributed by atoms with E-state index in [1.807, 2.05) is 45.0 Å². The zero-order chi connectivity index (χ0) is 17.9. The van der Waals surface area contributed by atoms with Gasteiger partial charge in [-0.1, -0.05) is 28.1 Å². The van der Waals surface area contributed by atoms with E-state index in [4.69, 9.17) is 9.47 Å². The fourth-order valence-electron chi connectivity index (χ4n) is 2.55. The van der Waals surface area contributed by atoms with Crippen LogP contribution in [0.2, 0.25) is 0 Å². The highest BCUT2D eigenvalue weighted by Gasteiger charge is 2.30. The Bertz CT molecular complexity index is 676. The number of carbonyl (C=O) groups excluding carboxylic acids is 2. The lowest BCUT2D eigenvalue weighted by Crippen LogP contribution is -2.41. The Labute approximate surface area is 150 Å². The van der Waals surface area contributed by atoms with Crippen LogP contribution in [-0.4, -0.2) is 42.8 Å². The topological polar surface area (TPSA) is 55.8 Å². The molecule has 2 rings (SSSR count). The van der Waals surface area contributed by atoms with Crippen molar-refractivity contribution in [2.45, 2.75) is 32.8 Å². The molecule has 0 unspecified atom stereocenters. The molecule has 1 aromatic carbocycles. The van der Waals surface area contributed by atoms with Crippen LogP contribution in [0.25, 0.3) is 5.57 Å². The summed E-state index contributed by atoms with van der Waals surface area (Å²) in [6.45, 7) is 6.14. The summed E-state index contributed by atoms with van der Waals surface area (Å²) in [6, 6.07) is 7.76. The van der Waals surface area contributed by atoms with Crippen molar-refractivity contribution in [1.82, 2.24) is 4.90 Å². The molecule has 0 spiro atoms. The van der Waals surface area contributed by atoms with Crippen molar-refractivity contribution in [3.8, 4) is 0 Å². The monoisotopic (exact) mass is 395 g/mol. The number of nitrogens with zero attached hydrogens (tertiary/aromatic N) is 1. The van der Waals surface area contributed by atoms with Gasteiger partial charge in [-0.3, -0.25) is 0 Å². The first-order valence-corrected chi connectivity index (χ1v) is 8.55. The minimum Gasteiger partial charge on any atom is -0.466 e. The molecule has 0 fully saturated rings. The van der Waals surface area contributed by atoms with Crippen LogP contribution < -0.4 is 0 Å². The van der Waals surface area contributed by atoms with Gasteiger partial charge in [0.25, 0.3) is 0 Å². The van der Waals surface area contributed by atoms with Crippen molar-refractivity contribution in [2.75, 3.05) is 20.2 Å². The van der Waals surface area contributed by atoms with E-state index in [-0.39, 0.29) is 6.54 Å². The maximum absolute atomic E-state index is 12.3. The fraction of sp³-hybridized carbons (Fsp3) is 0.444. The van der Waals surface area contributed by atoms with Crippen molar-refractivity contribution in [3.63, 3.8) is 0 Å². The Kier molecular flexibility index (Phi) is 5.70. The molecule has 0 atom stereocenters. The third kappa shape index (κ3) is 4.60. The largest absolute Gasteiger partial charge is 0.466 e. The predicted octanol–water partition coefficient (Wildman–Crippen LogP) is 4.02. The zero-order valence-electron chi connectivity index (χ0n) is 14.4. The van der Waals surface area contributed by atoms with Gasteiger partial charge in [-0.2, -0.15) is 0 Å². The lowest BCUT2D eigenvalue weighted by atomic mass is 9.93. The van der Waals surface area contributed by atoms with Gasteiger partial charge in [-0.15, -0.1) is 0 Å². The number of methoxy groups -OCH3 is 1. The van der Waals surface area contributed by atoms with Crippen LogP contribution in [0.3, 0.4) is 0 Å². The molecular formula is C18H22BrNO4. The predicted molar refractivity (Wildman–Crippen MR) is 95.5 cm³/mol. The number of rotatable bonds is 2. The molecule has 0 saturated carbocycles. The third-order valence-corrected chi connectivity index (χ3v) is 4.09. The van der Waals surface area contributed by atoms with Crippen molar-refractivity contribution in [2.24, 2.45) is 0 Å². The van der Waals surface area contributed by atoms with Crippen LogP contribution in [0.1, 0.15) is 32.8 Å². The SMILES string of the molecule is COC(=O)C1=C(c2cccc(Br)c2)CCN(C(=O)OC(C)(C)C)C1. The number of halogens is 1. The molecule has 0 aromatic heterocycles. The Hall–Kier alpha value is -1.82. The summed E-state index contributed by atoms with van der Waals surface area (Å²) in [4.78, 5) is 26.0. The summed E-state index contributed by atoms with van der Waals surface area (Å²) in [7, 11) is 1.35. The maximum Gasteiger partial charge on any atom is 0.410 e. The summed E-state index contributed by atoms with van der Waals surface area (Å²) in [6.07, 6.45) is 0.150. The maximum atomic E-state index is 12.3. The van der Waals surface area contributed by atoms with Crippen molar-refractivity contribution in [3.05, 3.63) is 39.9 Å². The van der Waals surface area contributed by atoms with Gasteiger partial charge >= 0.3 is 12.1 Å². The average molecular weight is 396 g/mol. The van der Waals surface area contributed by atoms with E-state index in [9.17, 15) is 9.59 Å². The molecule has 1 aromatic rings. The molecule has 1 aliphatic rings. The Morgan fingerprint density at radius 3 is 2.54 bits per heavy atom. The van der Waals surface area contributed by atoms with Crippen LogP contribution in [0.4, 0.5) is 4.79 Å². The van der Waals surface area contributed by atoms with Crippen molar-refractivity contribution in [1.29, 1.82) is 0 Å². The first-order valence-electron chi connectivity index (χ1n) is 7.75. The van der Waals surface area contributed by atoms with Gasteiger partial charge in [0.1, 0.15) is 5.60 Å². The van der Waals surface area contributed by atoms with E-state index < -0.39 is 17.7 Å². The molecular weight excluding hydrogens is 374 g/mol. The summed E-state index contributed by atoms with van der Waals surface area (Å²) < 4.78 is 11.3. The Morgan fingerprint density at radius 2 is 1.96 bits per heavy atom. The smallest absolute Gasteiger partial charge is 0.410 e. The van der Waals surface area contributed by atoms with E-state index in [0.717, 1.165) is 15.6 Å². The van der Waals surface area contributed by atoms with E-state index in [1.165, 1.54) is 7.11 Å². The number of esters is 1. The van der Waals surface area contributed by atoms with Gasteiger partial charge in [0, 0.05) is 11.0 Å². The minimum absolute atomic E-state index is 0.184. The molecule has 1 heterocycles. The van der Waals surface area contributed by atoms with Gasteiger partial charge in [0.15, 0.2) is 0 Å². The molecule has 130 valence electrons. The highest BCUT2D eigenvalue weighted by Crippen LogP contribution is 2.30. The average Bonchev–Trinajstić information content (AvgIpc) is 2.52. The Morgan fingerprint density at radius 1 is 1.25 bits per heavy atom. The number of amides is 1. The molecule has 0 bridgehead atoms. The summed E-state index contributed by atoms with van der Waals surface area (Å²) in [5.74, 6) is -0.418. The van der Waals surface area contributed by atoms with Crippen molar-refractivity contribution >= 4 is 33.6 Å². The van der Waals surface area contributed by atoms with Crippen molar-refractivity contribution < 1.29 is 19.1 Å². The van der Waals surface area contributed by atoms with Crippen LogP contribution in [0, 0.1) is 0 Å². The molecule has 0 aliphatic carbocycles. The molecule has 0 radical (unpaired) electrons. The van der Waals surface area contributed by atoms with Gasteiger partial charge in [0.05, 0.1) is 19.2 Å². The molecule has 0 saturated heterocycles. The summed E-state index contributed by atoms with van der Waals surface area (Å²) in [5, 5.41) is 0. The molecule has 5 nitrogen and oxygen atoms in total. The van der Waals surface area contributed by atoms with E-state index in [0.29, 0.717) is 18.5 Å². The number of benzene rings is 1. The quantitative estimate of drug-likeness (QED) is 0.709. The van der Waals surface area contributed by atoms with E-state index >= 15 is 0 Å². The van der Waals surface area contributed by atoms with E-state index in [2.05, 4.69) is 15.9 Å². The second-order valence-electron chi connectivity index (χ2n) is 6.61. The lowest BCUT2D eigenvalue weighted by Gasteiger charge is -2.32. The van der Waals surface area contributed by atoms with Crippen LogP contribution in [0.5, 0.6) is 0 Å². The number of ether oxygens (including phenoxy) is 2. The van der Waals surface area contributed by atoms with Gasteiger partial charge in [-0.25, -0.2) is 9.59 Å². The van der Waals surface area contributed by atoms with Gasteiger partial charge in [0.2, 0.25) is 0 Å². The number of carbonyl (C=O) groups is 2. The van der Waals surface area contributed by atoms with Gasteiger partial charge in [-0.05, 0) is 50.5 Å². The van der Waals surface area contributed by atoms with E-state index in [1.54, 1.807) is 4.90 Å². The summed E-state index contributed by atoms with van der Waals surface area (Å²) >= 11 is 3.45. The van der Waals surface area contributed by atoms with Crippen LogP contribution >= 0.6 is 15.9 Å². The number of hydrogen-bond donors (Lipinski definition) is 0. The molecule has 6 heteroatoms. The second kappa shape index (κ2) is 7.38. The highest BCUT2D eigenvalue weighted by molar-refractivity contribution is 9.10. The zero-order valence-corrected chi connectivity index (χ0v) is 16.0. The third-order valence-electron chi connectivity index (χ3n) is 3.60. The fourth-order valence-corrected chi connectivity index (χ4v) is 2.95. The molecule has 0 N–H and O–H groups in total. The summed E-state index contributed by atoms with van der Waals surface area (Å²) in [5.41, 5.74) is 1.78. The highest BCUT2D eigenvalue weighted by atomic mass is 79.9. The van der Waals surface area contributed by atoms with Crippen LogP contribution in [0.15, 0.2) is 34.3 Å². The first kappa shape index (κ1) is 18.5. The number of hydrogen-bond acceptors (Lipinski definition) is 4. The normalized spacial score (nSPS) is 15.3. The standard InChI is InChI=1S/C18H22BrNO4/c1-18(2,3)24-17(22)20-9-8-14(15(11-20)16(21)23-4)12-6-5-7-13(19)10-12/h5-7,10H,8-9,11H2,1-4H3. The molecule has 1 aliphatic heterocycles. The van der Waals surface area contributed by atoms with Crippen LogP contribution in [-0.2, 0) is 14.3 Å². The second-order valence-corrected chi connectivity index (χ2v) is 7.53. The first-order chi connectivity index (χ1) is 11.2. The molecule has 1 amide bonds. The molecule has 24 heavy (non-hydrogen) atoms. The minimum atomic E-state index is -0.573.